The van der Waals surface area contributed by atoms with Gasteiger partial charge in [-0.15, -0.1) is 0 Å². The van der Waals surface area contributed by atoms with E-state index in [2.05, 4.69) is 0 Å². The first-order valence-corrected chi connectivity index (χ1v) is 7.86. The van der Waals surface area contributed by atoms with Crippen molar-refractivity contribution in [1.82, 2.24) is 0 Å². The van der Waals surface area contributed by atoms with E-state index in [1.165, 1.54) is 6.26 Å². The van der Waals surface area contributed by atoms with E-state index in [4.69, 9.17) is 4.74 Å². The van der Waals surface area contributed by atoms with E-state index in [9.17, 15) is 8.42 Å². The zero-order valence-electron chi connectivity index (χ0n) is 10.9. The van der Waals surface area contributed by atoms with Crippen LogP contribution in [-0.4, -0.2) is 20.3 Å². The molecule has 0 aromatic heterocycles. The van der Waals surface area contributed by atoms with Crippen LogP contribution in [0, 0.1) is 0 Å². The molecule has 1 aromatic carbocycles. The van der Waals surface area contributed by atoms with Gasteiger partial charge in [0, 0.05) is 11.8 Å². The minimum absolute atomic E-state index is 0.320. The lowest BCUT2D eigenvalue weighted by Gasteiger charge is -2.34. The first-order chi connectivity index (χ1) is 8.30. The molecule has 0 radical (unpaired) electrons. The molecule has 0 unspecified atom stereocenters. The Morgan fingerprint density at radius 1 is 1.17 bits per heavy atom. The van der Waals surface area contributed by atoms with Gasteiger partial charge >= 0.3 is 0 Å². The Hall–Kier alpha value is -1.29. The molecule has 1 heterocycles. The summed E-state index contributed by atoms with van der Waals surface area (Å²) in [6, 6.07) is 9.42. The highest BCUT2D eigenvalue weighted by Gasteiger charge is 2.32. The van der Waals surface area contributed by atoms with Crippen molar-refractivity contribution in [1.29, 1.82) is 0 Å². The molecule has 0 saturated heterocycles. The van der Waals surface area contributed by atoms with E-state index in [1.807, 2.05) is 44.2 Å². The lowest BCUT2D eigenvalue weighted by atomic mass is 9.97. The highest BCUT2D eigenvalue weighted by molar-refractivity contribution is 7.94. The number of hydrogen-bond donors (Lipinski definition) is 0. The largest absolute Gasteiger partial charge is 0.486 e. The smallest absolute Gasteiger partial charge is 0.175 e. The number of allylic oxidation sites excluding steroid dienone is 1. The zero-order valence-corrected chi connectivity index (χ0v) is 11.8. The van der Waals surface area contributed by atoms with Crippen molar-refractivity contribution in [3.8, 4) is 0 Å². The lowest BCUT2D eigenvalue weighted by Crippen LogP contribution is -2.29. The molecule has 1 aliphatic rings. The predicted octanol–water partition coefficient (Wildman–Crippen LogP) is 2.99. The topological polar surface area (TPSA) is 43.4 Å². The zero-order chi connectivity index (χ0) is 13.4. The maximum absolute atomic E-state index is 11.8. The lowest BCUT2D eigenvalue weighted by molar-refractivity contribution is 0.0581. The van der Waals surface area contributed by atoms with Crippen LogP contribution in [0.4, 0.5) is 0 Å². The molecule has 3 nitrogen and oxygen atoms in total. The van der Waals surface area contributed by atoms with Crippen LogP contribution in [0.5, 0.6) is 0 Å². The summed E-state index contributed by atoms with van der Waals surface area (Å²) in [5.41, 5.74) is 0.505. The van der Waals surface area contributed by atoms with Crippen molar-refractivity contribution in [3.63, 3.8) is 0 Å². The normalized spacial score (nSPS) is 19.5. The fraction of sp³-hybridized carbons (Fsp3) is 0.429. The van der Waals surface area contributed by atoms with Gasteiger partial charge in [0.2, 0.25) is 0 Å². The van der Waals surface area contributed by atoms with Gasteiger partial charge < -0.3 is 4.74 Å². The van der Waals surface area contributed by atoms with Gasteiger partial charge in [-0.05, 0) is 26.7 Å². The number of ether oxygens (including phenoxy) is 1. The molecule has 0 bridgehead atoms. The molecule has 1 aromatic rings. The molecular weight excluding hydrogens is 248 g/mol. The maximum Gasteiger partial charge on any atom is 0.175 e. The number of benzene rings is 1. The Morgan fingerprint density at radius 3 is 2.33 bits per heavy atom. The van der Waals surface area contributed by atoms with Gasteiger partial charge in [-0.2, -0.15) is 0 Å². The van der Waals surface area contributed by atoms with Crippen LogP contribution in [0.3, 0.4) is 0 Å². The average molecular weight is 266 g/mol. The number of sulfone groups is 1. The Bertz CT molecular complexity index is 568. The Kier molecular flexibility index (Phi) is 3.23. The van der Waals surface area contributed by atoms with Crippen LogP contribution in [-0.2, 0) is 14.6 Å². The van der Waals surface area contributed by atoms with Crippen molar-refractivity contribution in [2.24, 2.45) is 0 Å². The molecule has 1 aliphatic heterocycles. The molecule has 98 valence electrons. The molecule has 18 heavy (non-hydrogen) atoms. The number of rotatable bonds is 2. The predicted molar refractivity (Wildman–Crippen MR) is 72.6 cm³/mol. The molecule has 2 rings (SSSR count). The van der Waals surface area contributed by atoms with Crippen molar-refractivity contribution in [2.45, 2.75) is 32.3 Å². The molecule has 0 atom stereocenters. The summed E-state index contributed by atoms with van der Waals surface area (Å²) in [5, 5.41) is 0. The van der Waals surface area contributed by atoms with E-state index in [0.717, 1.165) is 5.56 Å². The summed E-state index contributed by atoms with van der Waals surface area (Å²) in [6.07, 6.45) is 2.49. The fourth-order valence-corrected chi connectivity index (χ4v) is 3.04. The van der Waals surface area contributed by atoms with Gasteiger partial charge in [0.25, 0.3) is 0 Å². The van der Waals surface area contributed by atoms with Crippen LogP contribution in [0.2, 0.25) is 0 Å². The molecule has 0 spiro atoms. The van der Waals surface area contributed by atoms with E-state index in [0.29, 0.717) is 23.5 Å². The highest BCUT2D eigenvalue weighted by atomic mass is 32.2. The molecule has 0 fully saturated rings. The van der Waals surface area contributed by atoms with E-state index < -0.39 is 9.84 Å². The minimum Gasteiger partial charge on any atom is -0.486 e. The van der Waals surface area contributed by atoms with Gasteiger partial charge in [-0.3, -0.25) is 0 Å². The monoisotopic (exact) mass is 266 g/mol. The third kappa shape index (κ3) is 2.75. The van der Waals surface area contributed by atoms with Gasteiger partial charge in [0.15, 0.2) is 9.84 Å². The van der Waals surface area contributed by atoms with Crippen molar-refractivity contribution < 1.29 is 13.2 Å². The Morgan fingerprint density at radius 2 is 1.78 bits per heavy atom. The molecule has 0 N–H and O–H groups in total. The van der Waals surface area contributed by atoms with E-state index in [-0.39, 0.29) is 5.60 Å². The standard InChI is InChI=1S/C14H18O3S/c1-14(2)10-9-12(18(3,15)16)13(17-14)11-7-5-4-6-8-11/h4-8H,9-10H2,1-3H3. The summed E-state index contributed by atoms with van der Waals surface area (Å²) in [7, 11) is -3.22. The summed E-state index contributed by atoms with van der Waals surface area (Å²) in [5.74, 6) is 0.509. The van der Waals surface area contributed by atoms with Gasteiger partial charge in [0.1, 0.15) is 11.4 Å². The average Bonchev–Trinajstić information content (AvgIpc) is 2.27. The second-order valence-corrected chi connectivity index (χ2v) is 7.29. The van der Waals surface area contributed by atoms with Crippen molar-refractivity contribution in [2.75, 3.05) is 6.26 Å². The van der Waals surface area contributed by atoms with Gasteiger partial charge in [0.05, 0.1) is 4.91 Å². The van der Waals surface area contributed by atoms with Crippen LogP contribution in [0.25, 0.3) is 5.76 Å². The molecule has 4 heteroatoms. The third-order valence-corrected chi connectivity index (χ3v) is 4.35. The SMILES string of the molecule is CC1(C)CCC(S(C)(=O)=O)=C(c2ccccc2)O1. The van der Waals surface area contributed by atoms with E-state index >= 15 is 0 Å². The van der Waals surface area contributed by atoms with Crippen molar-refractivity contribution in [3.05, 3.63) is 40.8 Å². The van der Waals surface area contributed by atoms with Gasteiger partial charge in [-0.25, -0.2) is 8.42 Å². The minimum atomic E-state index is -3.22. The molecule has 0 saturated carbocycles. The summed E-state index contributed by atoms with van der Waals surface area (Å²) >= 11 is 0. The summed E-state index contributed by atoms with van der Waals surface area (Å²) in [4.78, 5) is 0.410. The first-order valence-electron chi connectivity index (χ1n) is 5.97. The summed E-state index contributed by atoms with van der Waals surface area (Å²) in [6.45, 7) is 3.96. The second kappa shape index (κ2) is 4.43. The Balaban J connectivity index is 2.58. The molecule has 0 amide bonds. The van der Waals surface area contributed by atoms with Crippen LogP contribution < -0.4 is 0 Å². The summed E-state index contributed by atoms with van der Waals surface area (Å²) < 4.78 is 29.6. The first kappa shape index (κ1) is 13.1. The quantitative estimate of drug-likeness (QED) is 0.826. The van der Waals surface area contributed by atoms with Crippen LogP contribution in [0.1, 0.15) is 32.3 Å². The highest BCUT2D eigenvalue weighted by Crippen LogP contribution is 2.38. The maximum atomic E-state index is 11.8. The third-order valence-electron chi connectivity index (χ3n) is 3.07. The van der Waals surface area contributed by atoms with Crippen LogP contribution >= 0.6 is 0 Å². The second-order valence-electron chi connectivity index (χ2n) is 5.25. The van der Waals surface area contributed by atoms with E-state index in [1.54, 1.807) is 0 Å². The number of hydrogen-bond acceptors (Lipinski definition) is 3. The fourth-order valence-electron chi connectivity index (χ4n) is 2.08. The molecule has 0 aliphatic carbocycles. The van der Waals surface area contributed by atoms with Gasteiger partial charge in [-0.1, -0.05) is 30.3 Å². The molecular formula is C14H18O3S. The van der Waals surface area contributed by atoms with Crippen molar-refractivity contribution >= 4 is 15.6 Å². The van der Waals surface area contributed by atoms with Crippen LogP contribution in [0.15, 0.2) is 35.2 Å². The Labute approximate surface area is 108 Å².